The molecular formula is C12H11BrN2O2. The van der Waals surface area contributed by atoms with Crippen LogP contribution in [0.1, 0.15) is 11.3 Å². The highest BCUT2D eigenvalue weighted by Gasteiger charge is 2.07. The Morgan fingerprint density at radius 2 is 2.35 bits per heavy atom. The summed E-state index contributed by atoms with van der Waals surface area (Å²) in [7, 11) is 0. The summed E-state index contributed by atoms with van der Waals surface area (Å²) in [6.07, 6.45) is 2.99. The molecule has 0 atom stereocenters. The average molecular weight is 295 g/mol. The molecule has 0 unspecified atom stereocenters. The number of rotatable bonds is 3. The molecule has 0 saturated carbocycles. The summed E-state index contributed by atoms with van der Waals surface area (Å²) in [5.41, 5.74) is 2.44. The Bertz CT molecular complexity index is 523. The van der Waals surface area contributed by atoms with Gasteiger partial charge in [0.05, 0.1) is 12.1 Å². The fraction of sp³-hybridized carbons (Fsp3) is 0.167. The topological polar surface area (TPSA) is 55.1 Å². The van der Waals surface area contributed by atoms with E-state index >= 15 is 0 Å². The second-order valence-electron chi connectivity index (χ2n) is 3.66. The van der Waals surface area contributed by atoms with E-state index in [9.17, 15) is 4.79 Å². The number of hydrogen-bond acceptors (Lipinski definition) is 3. The van der Waals surface area contributed by atoms with E-state index in [1.807, 2.05) is 25.1 Å². The van der Waals surface area contributed by atoms with E-state index in [0.29, 0.717) is 5.69 Å². The zero-order chi connectivity index (χ0) is 12.3. The Kier molecular flexibility index (Phi) is 3.58. The number of amides is 1. The van der Waals surface area contributed by atoms with Gasteiger partial charge in [0.15, 0.2) is 6.39 Å². The first kappa shape index (κ1) is 11.9. The number of carbonyl (C=O) groups excluding carboxylic acids is 1. The number of halogens is 1. The fourth-order valence-electron chi connectivity index (χ4n) is 1.45. The highest BCUT2D eigenvalue weighted by molar-refractivity contribution is 9.10. The normalized spacial score (nSPS) is 10.2. The summed E-state index contributed by atoms with van der Waals surface area (Å²) in [6.45, 7) is 1.94. The number of benzene rings is 1. The van der Waals surface area contributed by atoms with Crippen LogP contribution in [0.3, 0.4) is 0 Å². The number of hydrogen-bond donors (Lipinski definition) is 1. The Hall–Kier alpha value is -1.62. The summed E-state index contributed by atoms with van der Waals surface area (Å²) in [6, 6.07) is 5.70. The van der Waals surface area contributed by atoms with Gasteiger partial charge in [0.2, 0.25) is 5.91 Å². The number of carbonyl (C=O) groups is 1. The first-order valence-electron chi connectivity index (χ1n) is 5.08. The lowest BCUT2D eigenvalue weighted by molar-refractivity contribution is -0.115. The predicted octanol–water partition coefficient (Wildman–Crippen LogP) is 2.93. The molecule has 2 rings (SSSR count). The molecule has 5 heteroatoms. The molecule has 0 saturated heterocycles. The molecule has 2 aromatic rings. The van der Waals surface area contributed by atoms with Gasteiger partial charge in [0, 0.05) is 10.2 Å². The molecule has 0 spiro atoms. The minimum Gasteiger partial charge on any atom is -0.451 e. The predicted molar refractivity (Wildman–Crippen MR) is 67.7 cm³/mol. The van der Waals surface area contributed by atoms with Gasteiger partial charge >= 0.3 is 0 Å². The zero-order valence-corrected chi connectivity index (χ0v) is 10.8. The number of aryl methyl sites for hydroxylation is 1. The Morgan fingerprint density at radius 3 is 3.00 bits per heavy atom. The second kappa shape index (κ2) is 5.14. The van der Waals surface area contributed by atoms with E-state index in [0.717, 1.165) is 15.7 Å². The minimum atomic E-state index is -0.107. The smallest absolute Gasteiger partial charge is 0.230 e. The zero-order valence-electron chi connectivity index (χ0n) is 9.24. The van der Waals surface area contributed by atoms with Crippen molar-refractivity contribution in [3.05, 3.63) is 46.6 Å². The molecule has 1 aromatic carbocycles. The van der Waals surface area contributed by atoms with Gasteiger partial charge in [-0.1, -0.05) is 15.9 Å². The molecule has 1 heterocycles. The lowest BCUT2D eigenvalue weighted by Crippen LogP contribution is -2.15. The molecule has 0 bridgehead atoms. The molecule has 4 nitrogen and oxygen atoms in total. The maximum Gasteiger partial charge on any atom is 0.230 e. The third-order valence-corrected chi connectivity index (χ3v) is 2.78. The van der Waals surface area contributed by atoms with Crippen LogP contribution in [0.4, 0.5) is 5.69 Å². The van der Waals surface area contributed by atoms with Gasteiger partial charge in [-0.05, 0) is 30.7 Å². The second-order valence-corrected chi connectivity index (χ2v) is 4.58. The molecule has 0 aliphatic carbocycles. The van der Waals surface area contributed by atoms with Crippen LogP contribution >= 0.6 is 15.9 Å². The maximum atomic E-state index is 11.7. The van der Waals surface area contributed by atoms with Crippen molar-refractivity contribution in [1.29, 1.82) is 0 Å². The van der Waals surface area contributed by atoms with Gasteiger partial charge in [-0.25, -0.2) is 4.98 Å². The molecule has 1 amide bonds. The minimum absolute atomic E-state index is 0.107. The van der Waals surface area contributed by atoms with Crippen LogP contribution in [0.5, 0.6) is 0 Å². The number of aromatic nitrogens is 1. The van der Waals surface area contributed by atoms with Gasteiger partial charge < -0.3 is 9.73 Å². The van der Waals surface area contributed by atoms with Gasteiger partial charge in [-0.15, -0.1) is 0 Å². The number of nitrogens with zero attached hydrogens (tertiary/aromatic N) is 1. The third kappa shape index (κ3) is 3.17. The van der Waals surface area contributed by atoms with Crippen LogP contribution in [-0.2, 0) is 11.2 Å². The summed E-state index contributed by atoms with van der Waals surface area (Å²) < 4.78 is 5.80. The summed E-state index contributed by atoms with van der Waals surface area (Å²) in [5.74, 6) is -0.107. The van der Waals surface area contributed by atoms with Gasteiger partial charge in [-0.2, -0.15) is 0 Å². The molecule has 1 N–H and O–H groups in total. The molecule has 0 fully saturated rings. The molecule has 17 heavy (non-hydrogen) atoms. The molecule has 0 aliphatic rings. The van der Waals surface area contributed by atoms with Gasteiger partial charge in [0.1, 0.15) is 6.26 Å². The van der Waals surface area contributed by atoms with Crippen LogP contribution < -0.4 is 5.32 Å². The van der Waals surface area contributed by atoms with E-state index in [4.69, 9.17) is 4.42 Å². The molecule has 1 aromatic heterocycles. The fourth-order valence-corrected chi connectivity index (χ4v) is 1.93. The van der Waals surface area contributed by atoms with Crippen LogP contribution in [-0.4, -0.2) is 10.9 Å². The van der Waals surface area contributed by atoms with Crippen molar-refractivity contribution in [2.24, 2.45) is 0 Å². The first-order chi connectivity index (χ1) is 8.15. The van der Waals surface area contributed by atoms with Crippen LogP contribution in [0.15, 0.2) is 39.7 Å². The Labute approximate surface area is 107 Å². The van der Waals surface area contributed by atoms with Gasteiger partial charge in [0.25, 0.3) is 0 Å². The van der Waals surface area contributed by atoms with E-state index in [1.54, 1.807) is 0 Å². The average Bonchev–Trinajstić information content (AvgIpc) is 2.75. The quantitative estimate of drug-likeness (QED) is 0.947. The van der Waals surface area contributed by atoms with E-state index < -0.39 is 0 Å². The summed E-state index contributed by atoms with van der Waals surface area (Å²) in [5, 5.41) is 2.83. The van der Waals surface area contributed by atoms with Crippen molar-refractivity contribution < 1.29 is 9.21 Å². The van der Waals surface area contributed by atoms with Crippen LogP contribution in [0.25, 0.3) is 0 Å². The highest BCUT2D eigenvalue weighted by atomic mass is 79.9. The van der Waals surface area contributed by atoms with E-state index in [2.05, 4.69) is 26.2 Å². The third-order valence-electron chi connectivity index (χ3n) is 2.29. The number of nitrogens with one attached hydrogen (secondary N) is 1. The number of oxazole rings is 1. The van der Waals surface area contributed by atoms with Crippen molar-refractivity contribution in [2.75, 3.05) is 5.32 Å². The number of anilines is 1. The Balaban J connectivity index is 2.03. The summed E-state index contributed by atoms with van der Waals surface area (Å²) >= 11 is 3.38. The lowest BCUT2D eigenvalue weighted by atomic mass is 10.2. The van der Waals surface area contributed by atoms with E-state index in [-0.39, 0.29) is 12.3 Å². The van der Waals surface area contributed by atoms with Crippen molar-refractivity contribution in [3.63, 3.8) is 0 Å². The first-order valence-corrected chi connectivity index (χ1v) is 5.87. The van der Waals surface area contributed by atoms with Gasteiger partial charge in [-0.3, -0.25) is 4.79 Å². The standard InChI is InChI=1S/C12H11BrN2O2/c1-8-4-9(13)2-3-11(8)15-12(16)5-10-6-17-7-14-10/h2-4,6-7H,5H2,1H3,(H,15,16). The monoisotopic (exact) mass is 294 g/mol. The maximum absolute atomic E-state index is 11.7. The summed E-state index contributed by atoms with van der Waals surface area (Å²) in [4.78, 5) is 15.6. The molecule has 0 aliphatic heterocycles. The van der Waals surface area contributed by atoms with Crippen molar-refractivity contribution >= 4 is 27.5 Å². The lowest BCUT2D eigenvalue weighted by Gasteiger charge is -2.07. The highest BCUT2D eigenvalue weighted by Crippen LogP contribution is 2.20. The SMILES string of the molecule is Cc1cc(Br)ccc1NC(=O)Cc1cocn1. The van der Waals surface area contributed by atoms with Crippen LogP contribution in [0, 0.1) is 6.92 Å². The Morgan fingerprint density at radius 1 is 1.53 bits per heavy atom. The largest absolute Gasteiger partial charge is 0.451 e. The molecule has 88 valence electrons. The van der Waals surface area contributed by atoms with Crippen molar-refractivity contribution in [1.82, 2.24) is 4.98 Å². The molecular weight excluding hydrogens is 284 g/mol. The van der Waals surface area contributed by atoms with Crippen LogP contribution in [0.2, 0.25) is 0 Å². The van der Waals surface area contributed by atoms with E-state index in [1.165, 1.54) is 12.7 Å². The van der Waals surface area contributed by atoms with Crippen molar-refractivity contribution in [2.45, 2.75) is 13.3 Å². The molecule has 0 radical (unpaired) electrons. The van der Waals surface area contributed by atoms with Crippen molar-refractivity contribution in [3.8, 4) is 0 Å².